The van der Waals surface area contributed by atoms with E-state index in [1.165, 1.54) is 25.1 Å². The average molecular weight is 316 g/mol. The van der Waals surface area contributed by atoms with Gasteiger partial charge in [-0.3, -0.25) is 4.72 Å². The minimum absolute atomic E-state index is 0.0197. The summed E-state index contributed by atoms with van der Waals surface area (Å²) in [6, 6.07) is 6.73. The molecular formula is C12H11ClFN3O2S. The lowest BCUT2D eigenvalue weighted by Crippen LogP contribution is -2.16. The summed E-state index contributed by atoms with van der Waals surface area (Å²) < 4.78 is 40.2. The van der Waals surface area contributed by atoms with E-state index in [9.17, 15) is 12.8 Å². The van der Waals surface area contributed by atoms with Crippen LogP contribution >= 0.6 is 11.6 Å². The molecule has 0 saturated heterocycles. The fraction of sp³-hybridized carbons (Fsp3) is 0.0833. The molecule has 0 saturated carbocycles. The third kappa shape index (κ3) is 3.00. The molecule has 0 aliphatic rings. The molecular weight excluding hydrogens is 305 g/mol. The van der Waals surface area contributed by atoms with Crippen molar-refractivity contribution in [3.05, 3.63) is 46.9 Å². The van der Waals surface area contributed by atoms with E-state index >= 15 is 0 Å². The van der Waals surface area contributed by atoms with Crippen molar-refractivity contribution in [1.82, 2.24) is 4.98 Å². The SMILES string of the molecule is Cc1c(F)cc(N)cc1S(=O)(=O)Nc1cccc(Cl)n1. The summed E-state index contributed by atoms with van der Waals surface area (Å²) in [5, 5.41) is 0.140. The van der Waals surface area contributed by atoms with Crippen LogP contribution in [0, 0.1) is 12.7 Å². The zero-order chi connectivity index (χ0) is 14.9. The Kier molecular flexibility index (Phi) is 3.82. The number of hydrogen-bond acceptors (Lipinski definition) is 4. The quantitative estimate of drug-likeness (QED) is 0.673. The lowest BCUT2D eigenvalue weighted by atomic mass is 10.2. The van der Waals surface area contributed by atoms with Gasteiger partial charge < -0.3 is 5.73 Å². The van der Waals surface area contributed by atoms with Gasteiger partial charge in [-0.05, 0) is 31.2 Å². The molecule has 0 fully saturated rings. The van der Waals surface area contributed by atoms with Crippen molar-refractivity contribution in [3.8, 4) is 0 Å². The fourth-order valence-corrected chi connectivity index (χ4v) is 3.07. The molecule has 8 heteroatoms. The number of rotatable bonds is 3. The molecule has 5 nitrogen and oxygen atoms in total. The van der Waals surface area contributed by atoms with Crippen LogP contribution < -0.4 is 10.5 Å². The number of benzene rings is 1. The highest BCUT2D eigenvalue weighted by Gasteiger charge is 2.20. The number of aromatic nitrogens is 1. The first-order chi connectivity index (χ1) is 9.29. The summed E-state index contributed by atoms with van der Waals surface area (Å²) >= 11 is 5.68. The highest BCUT2D eigenvalue weighted by atomic mass is 35.5. The molecule has 0 bridgehead atoms. The number of sulfonamides is 1. The highest BCUT2D eigenvalue weighted by molar-refractivity contribution is 7.92. The molecule has 3 N–H and O–H groups in total. The van der Waals surface area contributed by atoms with Crippen LogP contribution in [0.3, 0.4) is 0 Å². The largest absolute Gasteiger partial charge is 0.399 e. The molecule has 0 amide bonds. The molecule has 0 unspecified atom stereocenters. The first-order valence-electron chi connectivity index (χ1n) is 5.50. The monoisotopic (exact) mass is 315 g/mol. The Morgan fingerprint density at radius 2 is 2.05 bits per heavy atom. The van der Waals surface area contributed by atoms with Crippen LogP contribution in [0.15, 0.2) is 35.2 Å². The predicted octanol–water partition coefficient (Wildman–Crippen LogP) is 2.57. The van der Waals surface area contributed by atoms with Crippen molar-refractivity contribution in [2.24, 2.45) is 0 Å². The Labute approximate surface area is 120 Å². The zero-order valence-corrected chi connectivity index (χ0v) is 12.0. The number of nitrogens with zero attached hydrogens (tertiary/aromatic N) is 1. The van der Waals surface area contributed by atoms with Gasteiger partial charge in [-0.1, -0.05) is 17.7 Å². The van der Waals surface area contributed by atoms with Gasteiger partial charge in [-0.15, -0.1) is 0 Å². The summed E-state index contributed by atoms with van der Waals surface area (Å²) in [5.41, 5.74) is 5.47. The van der Waals surface area contributed by atoms with Crippen molar-refractivity contribution in [3.63, 3.8) is 0 Å². The number of halogens is 2. The molecule has 0 aliphatic heterocycles. The van der Waals surface area contributed by atoms with Crippen molar-refractivity contribution in [1.29, 1.82) is 0 Å². The average Bonchev–Trinajstić information content (AvgIpc) is 2.33. The van der Waals surface area contributed by atoms with Crippen LogP contribution in [0.1, 0.15) is 5.56 Å². The van der Waals surface area contributed by atoms with Gasteiger partial charge in [0.2, 0.25) is 0 Å². The predicted molar refractivity (Wildman–Crippen MR) is 75.6 cm³/mol. The molecule has 0 radical (unpaired) electrons. The lowest BCUT2D eigenvalue weighted by Gasteiger charge is -2.11. The van der Waals surface area contributed by atoms with Crippen molar-refractivity contribution in [2.75, 3.05) is 10.5 Å². The third-order valence-corrected chi connectivity index (χ3v) is 4.25. The molecule has 1 aromatic heterocycles. The number of nitrogens with two attached hydrogens (primary N) is 1. The summed E-state index contributed by atoms with van der Waals surface area (Å²) in [4.78, 5) is 3.57. The Morgan fingerprint density at radius 3 is 2.70 bits per heavy atom. The molecule has 20 heavy (non-hydrogen) atoms. The minimum atomic E-state index is -4.00. The Bertz CT molecular complexity index is 765. The van der Waals surface area contributed by atoms with E-state index in [1.807, 2.05) is 0 Å². The highest BCUT2D eigenvalue weighted by Crippen LogP contribution is 2.24. The van der Waals surface area contributed by atoms with E-state index in [0.29, 0.717) is 0 Å². The summed E-state index contributed by atoms with van der Waals surface area (Å²) in [5.74, 6) is -0.649. The van der Waals surface area contributed by atoms with Crippen LogP contribution in [-0.2, 0) is 10.0 Å². The maximum atomic E-state index is 13.6. The molecule has 0 aliphatic carbocycles. The van der Waals surface area contributed by atoms with Gasteiger partial charge in [-0.2, -0.15) is 0 Å². The molecule has 1 aromatic carbocycles. The van der Waals surface area contributed by atoms with Crippen LogP contribution in [0.25, 0.3) is 0 Å². The standard InChI is InChI=1S/C12H11ClFN3O2S/c1-7-9(14)5-8(15)6-10(7)20(18,19)17-12-4-2-3-11(13)16-12/h2-6H,15H2,1H3,(H,16,17). The van der Waals surface area contributed by atoms with E-state index in [-0.39, 0.29) is 27.1 Å². The maximum absolute atomic E-state index is 13.6. The van der Waals surface area contributed by atoms with Crippen LogP contribution in [0.5, 0.6) is 0 Å². The number of hydrogen-bond donors (Lipinski definition) is 2. The van der Waals surface area contributed by atoms with E-state index in [0.717, 1.165) is 6.07 Å². The number of anilines is 2. The van der Waals surface area contributed by atoms with Crippen molar-refractivity contribution < 1.29 is 12.8 Å². The van der Waals surface area contributed by atoms with Gasteiger partial charge in [0, 0.05) is 11.3 Å². The molecule has 0 atom stereocenters. The Morgan fingerprint density at radius 1 is 1.35 bits per heavy atom. The Hall–Kier alpha value is -1.86. The smallest absolute Gasteiger partial charge is 0.263 e. The van der Waals surface area contributed by atoms with Gasteiger partial charge in [0.05, 0.1) is 4.90 Å². The number of pyridine rings is 1. The van der Waals surface area contributed by atoms with Crippen molar-refractivity contribution >= 4 is 33.1 Å². The van der Waals surface area contributed by atoms with E-state index < -0.39 is 15.8 Å². The van der Waals surface area contributed by atoms with Gasteiger partial charge in [0.25, 0.3) is 10.0 Å². The third-order valence-electron chi connectivity index (χ3n) is 2.56. The maximum Gasteiger partial charge on any atom is 0.263 e. The summed E-state index contributed by atoms with van der Waals surface area (Å²) in [7, 11) is -4.00. The van der Waals surface area contributed by atoms with Crippen LogP contribution in [0.2, 0.25) is 5.15 Å². The number of nitrogens with one attached hydrogen (secondary N) is 1. The van der Waals surface area contributed by atoms with E-state index in [1.54, 1.807) is 6.07 Å². The van der Waals surface area contributed by atoms with Gasteiger partial charge in [-0.25, -0.2) is 17.8 Å². The van der Waals surface area contributed by atoms with Crippen LogP contribution in [-0.4, -0.2) is 13.4 Å². The van der Waals surface area contributed by atoms with Crippen molar-refractivity contribution in [2.45, 2.75) is 11.8 Å². The first-order valence-corrected chi connectivity index (χ1v) is 7.37. The number of nitrogen functional groups attached to an aromatic ring is 1. The molecule has 1 heterocycles. The van der Waals surface area contributed by atoms with Crippen LogP contribution in [0.4, 0.5) is 15.9 Å². The van der Waals surface area contributed by atoms with Gasteiger partial charge in [0.1, 0.15) is 16.8 Å². The second kappa shape index (κ2) is 5.26. The van der Waals surface area contributed by atoms with Gasteiger partial charge >= 0.3 is 0 Å². The molecule has 106 valence electrons. The topological polar surface area (TPSA) is 85.1 Å². The first kappa shape index (κ1) is 14.5. The fourth-order valence-electron chi connectivity index (χ4n) is 1.61. The second-order valence-electron chi connectivity index (χ2n) is 4.08. The van der Waals surface area contributed by atoms with E-state index in [4.69, 9.17) is 17.3 Å². The summed E-state index contributed by atoms with van der Waals surface area (Å²) in [6.45, 7) is 1.36. The summed E-state index contributed by atoms with van der Waals surface area (Å²) in [6.07, 6.45) is 0. The minimum Gasteiger partial charge on any atom is -0.399 e. The molecule has 2 aromatic rings. The normalized spacial score (nSPS) is 11.3. The zero-order valence-electron chi connectivity index (χ0n) is 10.4. The molecule has 2 rings (SSSR count). The Balaban J connectivity index is 2.46. The molecule has 0 spiro atoms. The van der Waals surface area contributed by atoms with E-state index in [2.05, 4.69) is 9.71 Å². The lowest BCUT2D eigenvalue weighted by molar-refractivity contribution is 0.591. The van der Waals surface area contributed by atoms with Gasteiger partial charge in [0.15, 0.2) is 0 Å². The second-order valence-corrected chi connectivity index (χ2v) is 6.11.